The first kappa shape index (κ1) is 14.8. The van der Waals surface area contributed by atoms with Gasteiger partial charge < -0.3 is 15.8 Å². The van der Waals surface area contributed by atoms with Crippen molar-refractivity contribution in [3.8, 4) is 5.75 Å². The second-order valence-electron chi connectivity index (χ2n) is 4.10. The van der Waals surface area contributed by atoms with Gasteiger partial charge in [0.2, 0.25) is 0 Å². The van der Waals surface area contributed by atoms with Crippen LogP contribution >= 0.6 is 22.6 Å². The number of carbonyl (C=O) groups excluding carboxylic acids is 1. The number of anilines is 1. The van der Waals surface area contributed by atoms with E-state index in [4.69, 9.17) is 10.5 Å². The molecule has 0 saturated carbocycles. The largest absolute Gasteiger partial charge is 0.492 e. The maximum absolute atomic E-state index is 12.1. The van der Waals surface area contributed by atoms with Crippen LogP contribution in [0.3, 0.4) is 0 Å². The van der Waals surface area contributed by atoms with Crippen molar-refractivity contribution in [3.05, 3.63) is 57.7 Å². The number of ether oxygens (including phenoxy) is 1. The van der Waals surface area contributed by atoms with Gasteiger partial charge in [-0.3, -0.25) is 4.79 Å². The molecular weight excluding hydrogens is 367 g/mol. The first-order valence-corrected chi connectivity index (χ1v) is 7.27. The Hall–Kier alpha value is -1.60. The molecular formula is C15H15IN2O2. The molecule has 5 heteroatoms. The van der Waals surface area contributed by atoms with Gasteiger partial charge in [-0.2, -0.15) is 0 Å². The van der Waals surface area contributed by atoms with Crippen LogP contribution in [0.25, 0.3) is 0 Å². The monoisotopic (exact) mass is 382 g/mol. The van der Waals surface area contributed by atoms with Crippen molar-refractivity contribution in [2.24, 2.45) is 5.73 Å². The van der Waals surface area contributed by atoms with Gasteiger partial charge in [0.05, 0.1) is 5.56 Å². The number of amides is 1. The third kappa shape index (κ3) is 3.94. The number of halogens is 1. The summed E-state index contributed by atoms with van der Waals surface area (Å²) >= 11 is 2.15. The fourth-order valence-electron chi connectivity index (χ4n) is 1.66. The number of benzene rings is 2. The standard InChI is InChI=1S/C15H15IN2O2/c16-14-4-2-1-3-13(14)15(19)18-11-5-7-12(8-6-11)20-10-9-17/h1-8H,9-10,17H2,(H,18,19). The molecule has 20 heavy (non-hydrogen) atoms. The first-order valence-electron chi connectivity index (χ1n) is 6.19. The Bertz CT molecular complexity index is 585. The molecule has 0 radical (unpaired) electrons. The lowest BCUT2D eigenvalue weighted by Gasteiger charge is -2.08. The highest BCUT2D eigenvalue weighted by molar-refractivity contribution is 14.1. The quantitative estimate of drug-likeness (QED) is 0.782. The lowest BCUT2D eigenvalue weighted by molar-refractivity contribution is 0.102. The zero-order valence-corrected chi connectivity index (χ0v) is 13.0. The number of nitrogens with one attached hydrogen (secondary N) is 1. The van der Waals surface area contributed by atoms with E-state index in [1.807, 2.05) is 18.2 Å². The molecule has 0 aromatic heterocycles. The van der Waals surface area contributed by atoms with E-state index in [-0.39, 0.29) is 5.91 Å². The van der Waals surface area contributed by atoms with Crippen LogP contribution < -0.4 is 15.8 Å². The van der Waals surface area contributed by atoms with Gasteiger partial charge in [0, 0.05) is 15.8 Å². The minimum absolute atomic E-state index is 0.120. The normalized spacial score (nSPS) is 10.1. The Kier molecular flexibility index (Phi) is 5.37. The van der Waals surface area contributed by atoms with E-state index in [0.717, 1.165) is 15.0 Å². The van der Waals surface area contributed by atoms with Crippen molar-refractivity contribution < 1.29 is 9.53 Å². The van der Waals surface area contributed by atoms with Crippen molar-refractivity contribution in [2.45, 2.75) is 0 Å². The van der Waals surface area contributed by atoms with E-state index in [2.05, 4.69) is 27.9 Å². The van der Waals surface area contributed by atoms with E-state index in [9.17, 15) is 4.79 Å². The molecule has 2 aromatic carbocycles. The molecule has 2 aromatic rings. The van der Waals surface area contributed by atoms with Gasteiger partial charge in [-0.05, 0) is 59.0 Å². The van der Waals surface area contributed by atoms with Gasteiger partial charge >= 0.3 is 0 Å². The van der Waals surface area contributed by atoms with Gasteiger partial charge in [0.15, 0.2) is 0 Å². The second kappa shape index (κ2) is 7.25. The van der Waals surface area contributed by atoms with E-state index >= 15 is 0 Å². The molecule has 0 aliphatic rings. The molecule has 0 fully saturated rings. The second-order valence-corrected chi connectivity index (χ2v) is 5.26. The summed E-state index contributed by atoms with van der Waals surface area (Å²) in [4.78, 5) is 12.1. The van der Waals surface area contributed by atoms with Crippen molar-refractivity contribution in [1.29, 1.82) is 0 Å². The highest BCUT2D eigenvalue weighted by Gasteiger charge is 2.09. The van der Waals surface area contributed by atoms with Crippen LogP contribution in [0, 0.1) is 3.57 Å². The molecule has 2 rings (SSSR count). The lowest BCUT2D eigenvalue weighted by Crippen LogP contribution is -2.13. The maximum Gasteiger partial charge on any atom is 0.256 e. The summed E-state index contributed by atoms with van der Waals surface area (Å²) in [5.41, 5.74) is 6.76. The van der Waals surface area contributed by atoms with E-state index in [0.29, 0.717) is 18.7 Å². The summed E-state index contributed by atoms with van der Waals surface area (Å²) in [5, 5.41) is 2.86. The lowest BCUT2D eigenvalue weighted by atomic mass is 10.2. The molecule has 0 bridgehead atoms. The number of rotatable bonds is 5. The summed E-state index contributed by atoms with van der Waals surface area (Å²) in [6.07, 6.45) is 0. The molecule has 0 heterocycles. The molecule has 104 valence electrons. The molecule has 0 aliphatic carbocycles. The smallest absolute Gasteiger partial charge is 0.256 e. The average Bonchev–Trinajstić information content (AvgIpc) is 2.47. The molecule has 0 spiro atoms. The summed E-state index contributed by atoms with van der Waals surface area (Å²) in [6, 6.07) is 14.7. The van der Waals surface area contributed by atoms with Gasteiger partial charge in [-0.1, -0.05) is 12.1 Å². The van der Waals surface area contributed by atoms with Crippen molar-refractivity contribution in [2.75, 3.05) is 18.5 Å². The molecule has 3 N–H and O–H groups in total. The SMILES string of the molecule is NCCOc1ccc(NC(=O)c2ccccc2I)cc1. The first-order chi connectivity index (χ1) is 9.70. The fraction of sp³-hybridized carbons (Fsp3) is 0.133. The van der Waals surface area contributed by atoms with Crippen molar-refractivity contribution in [3.63, 3.8) is 0 Å². The molecule has 0 unspecified atom stereocenters. The maximum atomic E-state index is 12.1. The highest BCUT2D eigenvalue weighted by Crippen LogP contribution is 2.18. The minimum atomic E-state index is -0.120. The van der Waals surface area contributed by atoms with E-state index in [1.54, 1.807) is 30.3 Å². The van der Waals surface area contributed by atoms with Gasteiger partial charge in [-0.15, -0.1) is 0 Å². The van der Waals surface area contributed by atoms with Crippen LogP contribution in [0.15, 0.2) is 48.5 Å². The highest BCUT2D eigenvalue weighted by atomic mass is 127. The van der Waals surface area contributed by atoms with Crippen LogP contribution in [0.4, 0.5) is 5.69 Å². The number of nitrogens with two attached hydrogens (primary N) is 1. The fourth-order valence-corrected chi connectivity index (χ4v) is 2.29. The zero-order chi connectivity index (χ0) is 14.4. The number of hydrogen-bond donors (Lipinski definition) is 2. The topological polar surface area (TPSA) is 64.3 Å². The summed E-state index contributed by atoms with van der Waals surface area (Å²) < 4.78 is 6.30. The van der Waals surface area contributed by atoms with Gasteiger partial charge in [0.25, 0.3) is 5.91 Å². The third-order valence-electron chi connectivity index (χ3n) is 2.62. The molecule has 0 atom stereocenters. The molecule has 0 saturated heterocycles. The third-order valence-corrected chi connectivity index (χ3v) is 3.56. The van der Waals surface area contributed by atoms with E-state index in [1.165, 1.54) is 0 Å². The van der Waals surface area contributed by atoms with Crippen LogP contribution in [0.2, 0.25) is 0 Å². The predicted octanol–water partition coefficient (Wildman–Crippen LogP) is 2.88. The Morgan fingerprint density at radius 2 is 1.85 bits per heavy atom. The van der Waals surface area contributed by atoms with Crippen LogP contribution in [0.5, 0.6) is 5.75 Å². The van der Waals surface area contributed by atoms with Crippen LogP contribution in [0.1, 0.15) is 10.4 Å². The Morgan fingerprint density at radius 1 is 1.15 bits per heavy atom. The van der Waals surface area contributed by atoms with Crippen molar-refractivity contribution >= 4 is 34.2 Å². The summed E-state index contributed by atoms with van der Waals surface area (Å²) in [7, 11) is 0. The Morgan fingerprint density at radius 3 is 2.50 bits per heavy atom. The predicted molar refractivity (Wildman–Crippen MR) is 88.1 cm³/mol. The Balaban J connectivity index is 2.03. The average molecular weight is 382 g/mol. The number of hydrogen-bond acceptors (Lipinski definition) is 3. The van der Waals surface area contributed by atoms with Crippen LogP contribution in [-0.4, -0.2) is 19.1 Å². The van der Waals surface area contributed by atoms with E-state index < -0.39 is 0 Å². The molecule has 0 aliphatic heterocycles. The van der Waals surface area contributed by atoms with Crippen LogP contribution in [-0.2, 0) is 0 Å². The zero-order valence-electron chi connectivity index (χ0n) is 10.8. The molecule has 1 amide bonds. The van der Waals surface area contributed by atoms with Gasteiger partial charge in [0.1, 0.15) is 12.4 Å². The minimum Gasteiger partial charge on any atom is -0.492 e. The molecule has 4 nitrogen and oxygen atoms in total. The Labute approximate surface area is 131 Å². The van der Waals surface area contributed by atoms with Crippen molar-refractivity contribution in [1.82, 2.24) is 0 Å². The van der Waals surface area contributed by atoms with Gasteiger partial charge in [-0.25, -0.2) is 0 Å². The summed E-state index contributed by atoms with van der Waals surface area (Å²) in [5.74, 6) is 0.619. The number of carbonyl (C=O) groups is 1. The summed E-state index contributed by atoms with van der Waals surface area (Å²) in [6.45, 7) is 0.957.